The minimum absolute atomic E-state index is 0.0232. The van der Waals surface area contributed by atoms with Gasteiger partial charge in [0.15, 0.2) is 5.82 Å². The van der Waals surface area contributed by atoms with Gasteiger partial charge in [-0.15, -0.1) is 11.3 Å². The van der Waals surface area contributed by atoms with E-state index in [0.29, 0.717) is 0 Å². The van der Waals surface area contributed by atoms with Crippen LogP contribution in [0.4, 0.5) is 0 Å². The van der Waals surface area contributed by atoms with E-state index >= 15 is 0 Å². The summed E-state index contributed by atoms with van der Waals surface area (Å²) in [5.74, 6) is -0.283. The number of aromatic nitrogens is 3. The molecule has 0 radical (unpaired) electrons. The fraction of sp³-hybridized carbons (Fsp3) is 0.0278. The highest BCUT2D eigenvalue weighted by Gasteiger charge is 2.18. The lowest BCUT2D eigenvalue weighted by atomic mass is 10.1. The monoisotopic (exact) mass is 549 g/mol. The largest absolute Gasteiger partial charge is 0.309 e. The lowest BCUT2D eigenvalue weighted by Crippen LogP contribution is -1.97. The number of benzene rings is 5. The van der Waals surface area contributed by atoms with Crippen molar-refractivity contribution in [3.05, 3.63) is 127 Å². The van der Waals surface area contributed by atoms with Gasteiger partial charge in [-0.2, -0.15) is 0 Å². The molecule has 3 nitrogen and oxygen atoms in total. The van der Waals surface area contributed by atoms with Gasteiger partial charge in [0.05, 0.1) is 54.2 Å². The highest BCUT2D eigenvalue weighted by atomic mass is 32.1. The van der Waals surface area contributed by atoms with Crippen LogP contribution in [0.25, 0.3) is 75.3 Å². The molecule has 0 saturated heterocycles. The second-order valence-corrected chi connectivity index (χ2v) is 9.99. The molecule has 5 aromatic carbocycles. The molecular weight excluding hydrogens is 506 g/mol. The van der Waals surface area contributed by atoms with Gasteiger partial charge in [-0.25, -0.2) is 4.98 Å². The topological polar surface area (TPSA) is 22.8 Å². The molecule has 0 bridgehead atoms. The van der Waals surface area contributed by atoms with E-state index in [1.54, 1.807) is 0 Å². The zero-order chi connectivity index (χ0) is 43.8. The van der Waals surface area contributed by atoms with Crippen LogP contribution in [-0.4, -0.2) is 14.1 Å². The Kier molecular flexibility index (Phi) is 2.06. The zero-order valence-electron chi connectivity index (χ0n) is 40.2. The molecule has 4 aromatic heterocycles. The Morgan fingerprint density at radius 3 is 1.90 bits per heavy atom. The molecule has 0 saturated carbocycles. The van der Waals surface area contributed by atoms with Gasteiger partial charge in [-0.3, -0.25) is 4.57 Å². The van der Waals surface area contributed by atoms with E-state index in [4.69, 9.17) is 23.3 Å². The molecule has 0 amide bonds. The van der Waals surface area contributed by atoms with Crippen molar-refractivity contribution in [2.75, 3.05) is 0 Å². The van der Waals surface area contributed by atoms with E-state index in [9.17, 15) is 4.11 Å². The van der Waals surface area contributed by atoms with Crippen LogP contribution in [0, 0.1) is 6.92 Å². The number of hydrogen-bond acceptors (Lipinski definition) is 2. The van der Waals surface area contributed by atoms with Crippen molar-refractivity contribution in [3.63, 3.8) is 0 Å². The lowest BCUT2D eigenvalue weighted by molar-refractivity contribution is 1.10. The fourth-order valence-electron chi connectivity index (χ4n) is 5.09. The number of para-hydroxylation sites is 3. The maximum absolute atomic E-state index is 9.70. The molecule has 9 aromatic rings. The number of pyridine rings is 1. The molecule has 0 aliphatic heterocycles. The smallest absolute Gasteiger partial charge is 0.155 e. The molecule has 0 spiro atoms. The summed E-state index contributed by atoms with van der Waals surface area (Å²) in [4.78, 5) is 4.36. The quantitative estimate of drug-likeness (QED) is 0.210. The summed E-state index contributed by atoms with van der Waals surface area (Å²) in [6.07, 6.45) is -0.720. The summed E-state index contributed by atoms with van der Waals surface area (Å²) in [5.41, 5.74) is -1.75. The Morgan fingerprint density at radius 2 is 1.20 bits per heavy atom. The van der Waals surface area contributed by atoms with Gasteiger partial charge in [0.1, 0.15) is 0 Å². The normalized spacial score (nSPS) is 19.1. The van der Waals surface area contributed by atoms with Crippen LogP contribution < -0.4 is 0 Å². The van der Waals surface area contributed by atoms with Gasteiger partial charge in [-0.05, 0) is 60.8 Å². The van der Waals surface area contributed by atoms with Crippen molar-refractivity contribution in [1.82, 2.24) is 14.1 Å². The molecule has 0 fully saturated rings. The summed E-state index contributed by atoms with van der Waals surface area (Å²) >= 11 is 0.745. The number of thiophene rings is 1. The molecule has 9 rings (SSSR count). The molecule has 0 aliphatic rings. The number of rotatable bonds is 2. The third-order valence-electron chi connectivity index (χ3n) is 6.74. The van der Waals surface area contributed by atoms with E-state index in [1.165, 1.54) is 6.92 Å². The van der Waals surface area contributed by atoms with Crippen LogP contribution >= 0.6 is 11.3 Å². The summed E-state index contributed by atoms with van der Waals surface area (Å²) in [6, 6.07) is -11.8. The number of nitrogens with zero attached hydrogens (tertiary/aromatic N) is 3. The van der Waals surface area contributed by atoms with Crippen molar-refractivity contribution in [2.45, 2.75) is 6.92 Å². The maximum Gasteiger partial charge on any atom is 0.155 e. The molecule has 188 valence electrons. The first-order valence-electron chi connectivity index (χ1n) is 21.9. The molecule has 4 heteroatoms. The highest BCUT2D eigenvalue weighted by Crippen LogP contribution is 2.41. The fourth-order valence-corrected chi connectivity index (χ4v) is 6.13. The Labute approximate surface area is 262 Å². The summed E-state index contributed by atoms with van der Waals surface area (Å²) in [5, 5.41) is -1.45. The number of fused-ring (bicyclic) bond motifs is 9. The van der Waals surface area contributed by atoms with Crippen molar-refractivity contribution < 1.29 is 27.4 Å². The van der Waals surface area contributed by atoms with E-state index in [2.05, 4.69) is 4.98 Å². The summed E-state index contributed by atoms with van der Waals surface area (Å²) < 4.78 is 179. The molecular formula is C36H23N3S. The van der Waals surface area contributed by atoms with Crippen molar-refractivity contribution in [3.8, 4) is 11.5 Å². The second kappa shape index (κ2) is 8.04. The van der Waals surface area contributed by atoms with Crippen molar-refractivity contribution in [2.24, 2.45) is 0 Å². The average Bonchev–Trinajstić information content (AvgIpc) is 3.91. The molecule has 40 heavy (non-hydrogen) atoms. The minimum Gasteiger partial charge on any atom is -0.309 e. The first-order chi connectivity index (χ1) is 28.1. The molecule has 0 aliphatic carbocycles. The average molecular weight is 550 g/mol. The van der Waals surface area contributed by atoms with Gasteiger partial charge < -0.3 is 4.57 Å². The van der Waals surface area contributed by atoms with E-state index in [-0.39, 0.29) is 76.2 Å². The predicted molar refractivity (Wildman–Crippen MR) is 171 cm³/mol. The second-order valence-electron chi connectivity index (χ2n) is 8.97. The van der Waals surface area contributed by atoms with E-state index in [0.717, 1.165) is 20.5 Å². The van der Waals surface area contributed by atoms with Gasteiger partial charge in [-0.1, -0.05) is 66.5 Å². The molecule has 0 atom stereocenters. The highest BCUT2D eigenvalue weighted by molar-refractivity contribution is 7.26. The van der Waals surface area contributed by atoms with Crippen LogP contribution in [0.15, 0.2) is 121 Å². The van der Waals surface area contributed by atoms with Gasteiger partial charge in [0, 0.05) is 48.9 Å². The molecule has 4 heterocycles. The Bertz CT molecular complexity index is 3410. The van der Waals surface area contributed by atoms with E-state index < -0.39 is 126 Å². The standard InChI is InChI=1S/C36H23N3S/c1-22-14-16-27-26-10-4-7-13-32(26)39(33(27)20-22)36-35-28(18-19-37-36)29-21-23(15-17-34(29)40-35)38-30-11-5-2-8-24(30)25-9-3-6-12-31(25)38/h2-21H,1H3/i2D,3D,4D,5D,6D,7D,8D,9D,10D,11D,12D,13D,14D,15D,16D,17D,18D,19D,20D,21D. The summed E-state index contributed by atoms with van der Waals surface area (Å²) in [7, 11) is 0. The molecule has 0 N–H and O–H groups in total. The van der Waals surface area contributed by atoms with Crippen LogP contribution in [-0.2, 0) is 0 Å². The van der Waals surface area contributed by atoms with Crippen LogP contribution in [0.5, 0.6) is 0 Å². The van der Waals surface area contributed by atoms with Crippen LogP contribution in [0.3, 0.4) is 0 Å². The van der Waals surface area contributed by atoms with Gasteiger partial charge >= 0.3 is 0 Å². The van der Waals surface area contributed by atoms with E-state index in [1.807, 2.05) is 0 Å². The Morgan fingerprint density at radius 1 is 0.575 bits per heavy atom. The SMILES string of the molecule is [2H]c1nc(-n2c3c([2H])c([2H])c([2H])c([2H])c3c3c([2H])c([2H])c(C)c([2H])c32)c2sc3c([2H])c([2H])c(-n4c5c([2H])c([2H])c([2H])c([2H])c5c5c([2H])c([2H])c([2H])c([2H])c54)c([2H])c3c2c1[2H]. The Hall–Kier alpha value is -4.93. The first kappa shape index (κ1) is 10.2. The minimum atomic E-state index is -0.748. The first-order valence-corrected chi connectivity index (χ1v) is 12.8. The Balaban J connectivity index is 1.54. The molecule has 0 unspecified atom stereocenters. The maximum atomic E-state index is 9.70. The van der Waals surface area contributed by atoms with Gasteiger partial charge in [0.2, 0.25) is 0 Å². The third-order valence-corrected chi connectivity index (χ3v) is 7.84. The van der Waals surface area contributed by atoms with Gasteiger partial charge in [0.25, 0.3) is 0 Å². The van der Waals surface area contributed by atoms with Crippen LogP contribution in [0.1, 0.15) is 33.0 Å². The van der Waals surface area contributed by atoms with Crippen molar-refractivity contribution >= 4 is 75.1 Å². The predicted octanol–water partition coefficient (Wildman–Crippen LogP) is 9.95. The lowest BCUT2D eigenvalue weighted by Gasteiger charge is -2.09. The van der Waals surface area contributed by atoms with Crippen LogP contribution in [0.2, 0.25) is 0 Å². The summed E-state index contributed by atoms with van der Waals surface area (Å²) in [6.45, 7) is 1.41. The zero-order valence-corrected chi connectivity index (χ0v) is 21.1. The van der Waals surface area contributed by atoms with Crippen molar-refractivity contribution in [1.29, 1.82) is 0 Å². The third kappa shape index (κ3) is 2.91. The number of hydrogen-bond donors (Lipinski definition) is 0.